The van der Waals surface area contributed by atoms with E-state index in [-0.39, 0.29) is 17.6 Å². The van der Waals surface area contributed by atoms with E-state index < -0.39 is 27.7 Å². The number of ether oxygens (including phenoxy) is 1. The van der Waals surface area contributed by atoms with Crippen LogP contribution in [0.15, 0.2) is 89.3 Å². The lowest BCUT2D eigenvalue weighted by Crippen LogP contribution is -2.16. The van der Waals surface area contributed by atoms with Crippen molar-refractivity contribution in [3.8, 4) is 28.3 Å². The molecule has 2 heterocycles. The van der Waals surface area contributed by atoms with Gasteiger partial charge in [0.2, 0.25) is 5.89 Å². The first-order valence-electron chi connectivity index (χ1n) is 11.7. The molecule has 4 aromatic rings. The number of carboxylic acid groups (broad SMARTS) is 1. The van der Waals surface area contributed by atoms with E-state index in [9.17, 15) is 13.2 Å². The molecule has 0 saturated carbocycles. The fraction of sp³-hybridized carbons (Fsp3) is 0.214. The monoisotopic (exact) mass is 503 g/mol. The van der Waals surface area contributed by atoms with Gasteiger partial charge in [-0.2, -0.15) is 0 Å². The summed E-state index contributed by atoms with van der Waals surface area (Å²) >= 11 is 0. The van der Waals surface area contributed by atoms with Crippen LogP contribution in [-0.4, -0.2) is 36.8 Å². The quantitative estimate of drug-likeness (QED) is 0.353. The number of sulfone groups is 1. The maximum Gasteiger partial charge on any atom is 0.341 e. The lowest BCUT2D eigenvalue weighted by Gasteiger charge is -2.16. The molecule has 2 atom stereocenters. The minimum Gasteiger partial charge on any atom is -0.482 e. The molecule has 0 aliphatic carbocycles. The van der Waals surface area contributed by atoms with Crippen LogP contribution in [0.4, 0.5) is 0 Å². The average Bonchev–Trinajstić information content (AvgIpc) is 3.44. The van der Waals surface area contributed by atoms with E-state index in [2.05, 4.69) is 0 Å². The van der Waals surface area contributed by atoms with Crippen molar-refractivity contribution in [1.29, 1.82) is 0 Å². The van der Waals surface area contributed by atoms with E-state index >= 15 is 0 Å². The van der Waals surface area contributed by atoms with Crippen molar-refractivity contribution in [1.82, 2.24) is 4.98 Å². The molecule has 0 amide bonds. The summed E-state index contributed by atoms with van der Waals surface area (Å²) < 4.78 is 38.0. The van der Waals surface area contributed by atoms with Crippen molar-refractivity contribution in [3.63, 3.8) is 0 Å². The van der Waals surface area contributed by atoms with Crippen molar-refractivity contribution < 1.29 is 27.5 Å². The van der Waals surface area contributed by atoms with Crippen LogP contribution < -0.4 is 4.74 Å². The first kappa shape index (κ1) is 23.8. The maximum atomic E-state index is 13.2. The van der Waals surface area contributed by atoms with E-state index in [1.807, 2.05) is 66.7 Å². The van der Waals surface area contributed by atoms with Gasteiger partial charge in [-0.15, -0.1) is 0 Å². The van der Waals surface area contributed by atoms with Crippen LogP contribution in [0.25, 0.3) is 22.6 Å². The average molecular weight is 504 g/mol. The number of rotatable bonds is 8. The zero-order valence-corrected chi connectivity index (χ0v) is 20.2. The van der Waals surface area contributed by atoms with Gasteiger partial charge < -0.3 is 14.3 Å². The molecular weight excluding hydrogens is 478 g/mol. The molecule has 0 spiro atoms. The Bertz CT molecular complexity index is 1410. The Morgan fingerprint density at radius 3 is 2.36 bits per heavy atom. The third-order valence-electron chi connectivity index (χ3n) is 6.32. The van der Waals surface area contributed by atoms with Crippen molar-refractivity contribution in [2.75, 3.05) is 12.4 Å². The van der Waals surface area contributed by atoms with E-state index in [1.54, 1.807) is 18.2 Å². The summed E-state index contributed by atoms with van der Waals surface area (Å²) in [5.74, 6) is -0.0666. The maximum absolute atomic E-state index is 13.2. The highest BCUT2D eigenvalue weighted by molar-refractivity contribution is 7.91. The van der Waals surface area contributed by atoms with Crippen LogP contribution in [0.3, 0.4) is 0 Å². The van der Waals surface area contributed by atoms with Gasteiger partial charge in [0, 0.05) is 11.1 Å². The molecule has 1 saturated heterocycles. The number of aliphatic carboxylic acids is 1. The van der Waals surface area contributed by atoms with Crippen molar-refractivity contribution in [2.24, 2.45) is 5.92 Å². The highest BCUT2D eigenvalue weighted by atomic mass is 32.2. The molecule has 0 bridgehead atoms. The fourth-order valence-corrected chi connectivity index (χ4v) is 6.81. The lowest BCUT2D eigenvalue weighted by atomic mass is 9.93. The summed E-state index contributed by atoms with van der Waals surface area (Å²) in [6.07, 6.45) is 0.953. The standard InChI is InChI=1S/C28H25NO6S/c30-24(31)18-34-23-13-7-8-19(17-23)16-22-14-15-36(32,33)27(22)28-29-25(20-9-3-1-4-10-20)26(35-28)21-11-5-2-6-12-21/h1-13,17,22,27H,14-16,18H2,(H,30,31). The molecule has 1 aromatic heterocycles. The van der Waals surface area contributed by atoms with E-state index in [0.29, 0.717) is 30.0 Å². The Morgan fingerprint density at radius 1 is 0.972 bits per heavy atom. The minimum atomic E-state index is -3.47. The van der Waals surface area contributed by atoms with E-state index in [0.717, 1.165) is 16.7 Å². The van der Waals surface area contributed by atoms with Gasteiger partial charge in [0.25, 0.3) is 0 Å². The third kappa shape index (κ3) is 5.04. The van der Waals surface area contributed by atoms with Gasteiger partial charge in [-0.3, -0.25) is 0 Å². The van der Waals surface area contributed by atoms with Crippen LogP contribution in [0, 0.1) is 5.92 Å². The van der Waals surface area contributed by atoms with Crippen molar-refractivity contribution >= 4 is 15.8 Å². The molecule has 1 aliphatic heterocycles. The zero-order chi connectivity index (χ0) is 25.1. The van der Waals surface area contributed by atoms with Crippen LogP contribution in [0.2, 0.25) is 0 Å². The molecule has 8 heteroatoms. The van der Waals surface area contributed by atoms with Crippen LogP contribution in [-0.2, 0) is 21.1 Å². The smallest absolute Gasteiger partial charge is 0.341 e. The molecule has 2 unspecified atom stereocenters. The Balaban J connectivity index is 1.51. The van der Waals surface area contributed by atoms with Gasteiger partial charge in [0.15, 0.2) is 22.2 Å². The molecule has 1 fully saturated rings. The molecule has 3 aromatic carbocycles. The van der Waals surface area contributed by atoms with Crippen LogP contribution in [0.1, 0.15) is 23.1 Å². The fourth-order valence-electron chi connectivity index (χ4n) is 4.70. The Morgan fingerprint density at radius 2 is 1.67 bits per heavy atom. The first-order chi connectivity index (χ1) is 17.4. The number of hydrogen-bond acceptors (Lipinski definition) is 6. The topological polar surface area (TPSA) is 107 Å². The predicted molar refractivity (Wildman–Crippen MR) is 135 cm³/mol. The van der Waals surface area contributed by atoms with Gasteiger partial charge >= 0.3 is 5.97 Å². The minimum absolute atomic E-state index is 0.0568. The number of hydrogen-bond donors (Lipinski definition) is 1. The Labute approximate surface area is 209 Å². The van der Waals surface area contributed by atoms with Crippen LogP contribution >= 0.6 is 0 Å². The molecule has 1 aliphatic rings. The van der Waals surface area contributed by atoms with Gasteiger partial charge in [-0.05, 0) is 36.5 Å². The highest BCUT2D eigenvalue weighted by Gasteiger charge is 2.45. The Kier molecular flexibility index (Phi) is 6.61. The number of carbonyl (C=O) groups is 1. The SMILES string of the molecule is O=C(O)COc1cccc(CC2CCS(=O)(=O)C2c2nc(-c3ccccc3)c(-c3ccccc3)o2)c1. The summed E-state index contributed by atoms with van der Waals surface area (Å²) in [4.78, 5) is 15.6. The van der Waals surface area contributed by atoms with Crippen molar-refractivity contribution in [2.45, 2.75) is 18.1 Å². The Hall–Kier alpha value is -3.91. The first-order valence-corrected chi connectivity index (χ1v) is 13.4. The molecule has 36 heavy (non-hydrogen) atoms. The van der Waals surface area contributed by atoms with Gasteiger partial charge in [-0.1, -0.05) is 72.8 Å². The summed E-state index contributed by atoms with van der Waals surface area (Å²) in [6.45, 7) is -0.440. The van der Waals surface area contributed by atoms with Gasteiger partial charge in [0.05, 0.1) is 5.75 Å². The predicted octanol–water partition coefficient (Wildman–Crippen LogP) is 5.19. The summed E-state index contributed by atoms with van der Waals surface area (Å²) in [5, 5.41) is 8.00. The number of carboxylic acids is 1. The summed E-state index contributed by atoms with van der Waals surface area (Å²) in [7, 11) is -3.47. The van der Waals surface area contributed by atoms with E-state index in [4.69, 9.17) is 19.2 Å². The van der Waals surface area contributed by atoms with E-state index in [1.165, 1.54) is 0 Å². The number of oxazole rings is 1. The summed E-state index contributed by atoms with van der Waals surface area (Å²) in [5.41, 5.74) is 3.15. The van der Waals surface area contributed by atoms with Crippen molar-refractivity contribution in [3.05, 3.63) is 96.4 Å². The third-order valence-corrected chi connectivity index (χ3v) is 8.48. The second kappa shape index (κ2) is 9.99. The molecule has 1 N–H and O–H groups in total. The summed E-state index contributed by atoms with van der Waals surface area (Å²) in [6, 6.07) is 26.2. The normalized spacial score (nSPS) is 18.7. The lowest BCUT2D eigenvalue weighted by molar-refractivity contribution is -0.139. The molecule has 184 valence electrons. The molecule has 7 nitrogen and oxygen atoms in total. The number of aromatic nitrogens is 1. The molecule has 0 radical (unpaired) electrons. The second-order valence-electron chi connectivity index (χ2n) is 8.83. The van der Waals surface area contributed by atoms with Gasteiger partial charge in [-0.25, -0.2) is 18.2 Å². The second-order valence-corrected chi connectivity index (χ2v) is 11.1. The zero-order valence-electron chi connectivity index (χ0n) is 19.4. The van der Waals surface area contributed by atoms with Gasteiger partial charge in [0.1, 0.15) is 16.7 Å². The number of benzene rings is 3. The largest absolute Gasteiger partial charge is 0.482 e. The molecular formula is C28H25NO6S. The highest BCUT2D eigenvalue weighted by Crippen LogP contribution is 2.44. The number of nitrogens with zero attached hydrogens (tertiary/aromatic N) is 1. The van der Waals surface area contributed by atoms with Crippen LogP contribution in [0.5, 0.6) is 5.75 Å². The molecule has 5 rings (SSSR count).